The number of morpholine rings is 1. The number of ether oxygens (including phenoxy) is 1. The molecule has 1 aliphatic heterocycles. The highest BCUT2D eigenvalue weighted by Gasteiger charge is 2.12. The maximum absolute atomic E-state index is 9.09. The van der Waals surface area contributed by atoms with Gasteiger partial charge in [-0.3, -0.25) is 4.90 Å². The zero-order valence-electron chi connectivity index (χ0n) is 9.88. The molecule has 0 aromatic heterocycles. The van der Waals surface area contributed by atoms with Crippen LogP contribution in [0.1, 0.15) is 5.56 Å². The van der Waals surface area contributed by atoms with Crippen molar-refractivity contribution in [1.82, 2.24) is 4.90 Å². The minimum atomic E-state index is -1.38. The standard InChI is InChI=1S/C12H18BNO3/c15-13(16)12-3-1-2-11(10-12)4-5-14-6-8-17-9-7-14/h1-3,10,15-16H,4-9H2. The first-order valence-corrected chi connectivity index (χ1v) is 6.01. The van der Waals surface area contributed by atoms with E-state index in [2.05, 4.69) is 4.90 Å². The molecule has 1 fully saturated rings. The fourth-order valence-electron chi connectivity index (χ4n) is 2.02. The van der Waals surface area contributed by atoms with Gasteiger partial charge >= 0.3 is 7.12 Å². The number of benzene rings is 1. The largest absolute Gasteiger partial charge is 0.488 e. The van der Waals surface area contributed by atoms with Crippen LogP contribution in [0.25, 0.3) is 0 Å². The van der Waals surface area contributed by atoms with E-state index in [4.69, 9.17) is 14.8 Å². The van der Waals surface area contributed by atoms with Gasteiger partial charge in [-0.25, -0.2) is 0 Å². The van der Waals surface area contributed by atoms with Gasteiger partial charge in [0.15, 0.2) is 0 Å². The topological polar surface area (TPSA) is 52.9 Å². The molecule has 0 bridgehead atoms. The second kappa shape index (κ2) is 6.16. The maximum atomic E-state index is 9.09. The molecule has 17 heavy (non-hydrogen) atoms. The molecule has 5 heteroatoms. The second-order valence-corrected chi connectivity index (χ2v) is 4.32. The molecule has 1 aromatic carbocycles. The van der Waals surface area contributed by atoms with Crippen LogP contribution in [-0.2, 0) is 11.2 Å². The molecular formula is C12H18BNO3. The molecule has 0 saturated carbocycles. The third-order valence-corrected chi connectivity index (χ3v) is 3.07. The van der Waals surface area contributed by atoms with Gasteiger partial charge in [-0.2, -0.15) is 0 Å². The Bertz CT molecular complexity index is 353. The minimum Gasteiger partial charge on any atom is -0.423 e. The van der Waals surface area contributed by atoms with Gasteiger partial charge in [-0.05, 0) is 17.4 Å². The molecule has 1 aliphatic rings. The molecule has 0 radical (unpaired) electrons. The normalized spacial score (nSPS) is 17.1. The van der Waals surface area contributed by atoms with E-state index in [9.17, 15) is 0 Å². The average molecular weight is 235 g/mol. The zero-order valence-corrected chi connectivity index (χ0v) is 9.88. The lowest BCUT2D eigenvalue weighted by Crippen LogP contribution is -2.37. The van der Waals surface area contributed by atoms with Crippen molar-refractivity contribution in [2.45, 2.75) is 6.42 Å². The summed E-state index contributed by atoms with van der Waals surface area (Å²) in [4.78, 5) is 2.37. The number of nitrogens with zero attached hydrogens (tertiary/aromatic N) is 1. The van der Waals surface area contributed by atoms with Crippen molar-refractivity contribution in [3.05, 3.63) is 29.8 Å². The van der Waals surface area contributed by atoms with Crippen molar-refractivity contribution in [1.29, 1.82) is 0 Å². The molecule has 2 N–H and O–H groups in total. The van der Waals surface area contributed by atoms with Gasteiger partial charge in [0.25, 0.3) is 0 Å². The zero-order chi connectivity index (χ0) is 12.1. The van der Waals surface area contributed by atoms with E-state index in [1.54, 1.807) is 6.07 Å². The smallest absolute Gasteiger partial charge is 0.423 e. The summed E-state index contributed by atoms with van der Waals surface area (Å²) in [6.45, 7) is 4.60. The predicted octanol–water partition coefficient (Wildman–Crippen LogP) is -0.759. The Morgan fingerprint density at radius 1 is 1.24 bits per heavy atom. The molecule has 0 unspecified atom stereocenters. The highest BCUT2D eigenvalue weighted by atomic mass is 16.5. The Kier molecular flexibility index (Phi) is 4.56. The Morgan fingerprint density at radius 3 is 2.71 bits per heavy atom. The van der Waals surface area contributed by atoms with E-state index in [1.807, 2.05) is 18.2 Å². The third-order valence-electron chi connectivity index (χ3n) is 3.07. The summed E-state index contributed by atoms with van der Waals surface area (Å²) < 4.78 is 5.29. The summed E-state index contributed by atoms with van der Waals surface area (Å²) in [6, 6.07) is 7.46. The van der Waals surface area contributed by atoms with Crippen molar-refractivity contribution in [2.75, 3.05) is 32.8 Å². The summed E-state index contributed by atoms with van der Waals surface area (Å²) in [5.74, 6) is 0. The van der Waals surface area contributed by atoms with Crippen LogP contribution in [0, 0.1) is 0 Å². The maximum Gasteiger partial charge on any atom is 0.488 e. The molecule has 4 nitrogen and oxygen atoms in total. The summed E-state index contributed by atoms with van der Waals surface area (Å²) in [6.07, 6.45) is 0.931. The average Bonchev–Trinajstić information content (AvgIpc) is 2.38. The van der Waals surface area contributed by atoms with Crippen LogP contribution in [-0.4, -0.2) is 54.9 Å². The minimum absolute atomic E-state index is 0.560. The predicted molar refractivity (Wildman–Crippen MR) is 67.2 cm³/mol. The Labute approximate surface area is 102 Å². The van der Waals surface area contributed by atoms with Crippen molar-refractivity contribution in [3.63, 3.8) is 0 Å². The van der Waals surface area contributed by atoms with Crippen molar-refractivity contribution in [2.24, 2.45) is 0 Å². The monoisotopic (exact) mass is 235 g/mol. The molecule has 1 heterocycles. The van der Waals surface area contributed by atoms with Gasteiger partial charge in [-0.1, -0.05) is 24.3 Å². The summed E-state index contributed by atoms with van der Waals surface area (Å²) in [5, 5.41) is 18.2. The van der Waals surface area contributed by atoms with Gasteiger partial charge < -0.3 is 14.8 Å². The van der Waals surface area contributed by atoms with Crippen LogP contribution in [0.2, 0.25) is 0 Å². The summed E-state index contributed by atoms with van der Waals surface area (Å²) in [5.41, 5.74) is 1.70. The number of hydrogen-bond acceptors (Lipinski definition) is 4. The van der Waals surface area contributed by atoms with Gasteiger partial charge in [0.1, 0.15) is 0 Å². The first kappa shape index (κ1) is 12.6. The van der Waals surface area contributed by atoms with E-state index in [0.717, 1.165) is 44.8 Å². The molecule has 1 saturated heterocycles. The first-order chi connectivity index (χ1) is 8.25. The fraction of sp³-hybridized carbons (Fsp3) is 0.500. The summed E-state index contributed by atoms with van der Waals surface area (Å²) >= 11 is 0. The van der Waals surface area contributed by atoms with Gasteiger partial charge in [-0.15, -0.1) is 0 Å². The number of hydrogen-bond donors (Lipinski definition) is 2. The Hall–Kier alpha value is -0.875. The highest BCUT2D eigenvalue weighted by Crippen LogP contribution is 2.03. The van der Waals surface area contributed by atoms with Crippen LogP contribution in [0.4, 0.5) is 0 Å². The second-order valence-electron chi connectivity index (χ2n) is 4.32. The van der Waals surface area contributed by atoms with Crippen LogP contribution in [0.15, 0.2) is 24.3 Å². The first-order valence-electron chi connectivity index (χ1n) is 6.01. The van der Waals surface area contributed by atoms with Crippen LogP contribution in [0.5, 0.6) is 0 Å². The molecule has 1 aromatic rings. The SMILES string of the molecule is OB(O)c1cccc(CCN2CCOCC2)c1. The van der Waals surface area contributed by atoms with Crippen LogP contribution < -0.4 is 5.46 Å². The quantitative estimate of drug-likeness (QED) is 0.674. The van der Waals surface area contributed by atoms with Gasteiger partial charge in [0.2, 0.25) is 0 Å². The lowest BCUT2D eigenvalue weighted by atomic mass is 9.79. The molecule has 92 valence electrons. The van der Waals surface area contributed by atoms with Crippen molar-refractivity contribution < 1.29 is 14.8 Å². The lowest BCUT2D eigenvalue weighted by molar-refractivity contribution is 0.0384. The summed E-state index contributed by atoms with van der Waals surface area (Å²) in [7, 11) is -1.38. The van der Waals surface area contributed by atoms with Crippen molar-refractivity contribution in [3.8, 4) is 0 Å². The van der Waals surface area contributed by atoms with Gasteiger partial charge in [0, 0.05) is 19.6 Å². The van der Waals surface area contributed by atoms with Gasteiger partial charge in [0.05, 0.1) is 13.2 Å². The molecule has 2 rings (SSSR count). The lowest BCUT2D eigenvalue weighted by Gasteiger charge is -2.26. The molecule has 0 amide bonds. The van der Waals surface area contributed by atoms with Crippen LogP contribution in [0.3, 0.4) is 0 Å². The number of rotatable bonds is 4. The van der Waals surface area contributed by atoms with E-state index < -0.39 is 7.12 Å². The third kappa shape index (κ3) is 3.82. The Balaban J connectivity index is 1.87. The van der Waals surface area contributed by atoms with E-state index in [-0.39, 0.29) is 0 Å². The van der Waals surface area contributed by atoms with E-state index >= 15 is 0 Å². The van der Waals surface area contributed by atoms with Crippen LogP contribution >= 0.6 is 0 Å². The molecule has 0 aliphatic carbocycles. The van der Waals surface area contributed by atoms with E-state index in [0.29, 0.717) is 5.46 Å². The van der Waals surface area contributed by atoms with Crippen molar-refractivity contribution >= 4 is 12.6 Å². The molecule has 0 spiro atoms. The molecule has 0 atom stereocenters. The fourth-order valence-corrected chi connectivity index (χ4v) is 2.02. The molecular weight excluding hydrogens is 217 g/mol. The Morgan fingerprint density at radius 2 is 2.00 bits per heavy atom. The van der Waals surface area contributed by atoms with E-state index in [1.165, 1.54) is 0 Å². The highest BCUT2D eigenvalue weighted by molar-refractivity contribution is 6.58.